The number of nitrogens with zero attached hydrogens (tertiary/aromatic N) is 1. The monoisotopic (exact) mass is 259 g/mol. The zero-order chi connectivity index (χ0) is 13.7. The van der Waals surface area contributed by atoms with E-state index in [1.165, 1.54) is 0 Å². The molecule has 1 heterocycles. The van der Waals surface area contributed by atoms with Crippen LogP contribution >= 0.6 is 0 Å². The highest BCUT2D eigenvalue weighted by molar-refractivity contribution is 5.49. The second-order valence-electron chi connectivity index (χ2n) is 4.06. The van der Waals surface area contributed by atoms with E-state index in [1.807, 2.05) is 37.3 Å². The largest absolute Gasteiger partial charge is 0.496 e. The van der Waals surface area contributed by atoms with Crippen molar-refractivity contribution < 1.29 is 14.2 Å². The summed E-state index contributed by atoms with van der Waals surface area (Å²) in [6, 6.07) is 9.42. The summed E-state index contributed by atoms with van der Waals surface area (Å²) in [5.74, 6) is 2.19. The zero-order valence-corrected chi connectivity index (χ0v) is 11.3. The first kappa shape index (κ1) is 13.2. The lowest BCUT2D eigenvalue weighted by atomic mass is 10.2. The lowest BCUT2D eigenvalue weighted by molar-refractivity contribution is 0.295. The number of ether oxygens (including phenoxy) is 3. The van der Waals surface area contributed by atoms with Crippen LogP contribution in [0.1, 0.15) is 11.3 Å². The molecule has 100 valence electrons. The molecule has 4 heteroatoms. The Labute approximate surface area is 113 Å². The van der Waals surface area contributed by atoms with Crippen LogP contribution < -0.4 is 14.2 Å². The molecule has 0 radical (unpaired) electrons. The molecule has 0 N–H and O–H groups in total. The lowest BCUT2D eigenvalue weighted by Crippen LogP contribution is -1.99. The first-order chi connectivity index (χ1) is 9.24. The van der Waals surface area contributed by atoms with E-state index >= 15 is 0 Å². The highest BCUT2D eigenvalue weighted by Gasteiger charge is 2.09. The molecule has 0 aliphatic rings. The van der Waals surface area contributed by atoms with Crippen LogP contribution in [0.15, 0.2) is 36.5 Å². The van der Waals surface area contributed by atoms with Crippen LogP contribution in [0.5, 0.6) is 17.2 Å². The Morgan fingerprint density at radius 1 is 1.05 bits per heavy atom. The number of hydrogen-bond donors (Lipinski definition) is 0. The molecule has 4 nitrogen and oxygen atoms in total. The maximum Gasteiger partial charge on any atom is 0.130 e. The van der Waals surface area contributed by atoms with Gasteiger partial charge in [-0.15, -0.1) is 0 Å². The van der Waals surface area contributed by atoms with Crippen LogP contribution in [0.4, 0.5) is 0 Å². The van der Waals surface area contributed by atoms with Gasteiger partial charge in [0.05, 0.1) is 19.9 Å². The topological polar surface area (TPSA) is 40.6 Å². The Bertz CT molecular complexity index is 515. The number of methoxy groups -OCH3 is 2. The van der Waals surface area contributed by atoms with Gasteiger partial charge < -0.3 is 14.2 Å². The molecule has 1 aromatic heterocycles. The van der Waals surface area contributed by atoms with Gasteiger partial charge in [-0.1, -0.05) is 6.07 Å². The maximum atomic E-state index is 5.71. The predicted octanol–water partition coefficient (Wildman–Crippen LogP) is 2.99. The standard InChI is InChI=1S/C15H17NO3/c1-11-14(17-2)8-13(9-15(11)18-3)19-10-12-6-4-5-7-16-12/h4-9H,10H2,1-3H3. The summed E-state index contributed by atoms with van der Waals surface area (Å²) in [7, 11) is 3.26. The van der Waals surface area contributed by atoms with Gasteiger partial charge in [0.25, 0.3) is 0 Å². The normalized spacial score (nSPS) is 10.1. The van der Waals surface area contributed by atoms with E-state index in [-0.39, 0.29) is 0 Å². The molecule has 0 bridgehead atoms. The van der Waals surface area contributed by atoms with Crippen LogP contribution in [0, 0.1) is 6.92 Å². The molecule has 0 atom stereocenters. The van der Waals surface area contributed by atoms with E-state index < -0.39 is 0 Å². The van der Waals surface area contributed by atoms with Crippen LogP contribution in [0.25, 0.3) is 0 Å². The molecule has 2 aromatic rings. The highest BCUT2D eigenvalue weighted by Crippen LogP contribution is 2.33. The van der Waals surface area contributed by atoms with Crippen molar-refractivity contribution in [1.82, 2.24) is 4.98 Å². The van der Waals surface area contributed by atoms with Crippen molar-refractivity contribution in [1.29, 1.82) is 0 Å². The van der Waals surface area contributed by atoms with Crippen molar-refractivity contribution in [3.63, 3.8) is 0 Å². The van der Waals surface area contributed by atoms with Gasteiger partial charge in [-0.25, -0.2) is 0 Å². The minimum absolute atomic E-state index is 0.413. The van der Waals surface area contributed by atoms with Gasteiger partial charge in [0.15, 0.2) is 0 Å². The summed E-state index contributed by atoms with van der Waals surface area (Å²) in [6.07, 6.45) is 1.75. The van der Waals surface area contributed by atoms with Gasteiger partial charge in [-0.3, -0.25) is 4.98 Å². The summed E-state index contributed by atoms with van der Waals surface area (Å²) < 4.78 is 16.3. The summed E-state index contributed by atoms with van der Waals surface area (Å²) >= 11 is 0. The van der Waals surface area contributed by atoms with E-state index in [4.69, 9.17) is 14.2 Å². The van der Waals surface area contributed by atoms with Crippen LogP contribution in [-0.4, -0.2) is 19.2 Å². The summed E-state index contributed by atoms with van der Waals surface area (Å²) in [4.78, 5) is 4.21. The lowest BCUT2D eigenvalue weighted by Gasteiger charge is -2.13. The third-order valence-corrected chi connectivity index (χ3v) is 2.84. The van der Waals surface area contributed by atoms with Gasteiger partial charge in [0.2, 0.25) is 0 Å². The fourth-order valence-electron chi connectivity index (χ4n) is 1.79. The van der Waals surface area contributed by atoms with Crippen molar-refractivity contribution in [2.24, 2.45) is 0 Å². The molecule has 2 rings (SSSR count). The Balaban J connectivity index is 2.16. The summed E-state index contributed by atoms with van der Waals surface area (Å²) in [6.45, 7) is 2.36. The van der Waals surface area contributed by atoms with Crippen LogP contribution in [0.3, 0.4) is 0 Å². The molecular formula is C15H17NO3. The van der Waals surface area contributed by atoms with Crippen molar-refractivity contribution >= 4 is 0 Å². The highest BCUT2D eigenvalue weighted by atomic mass is 16.5. The first-order valence-corrected chi connectivity index (χ1v) is 6.00. The average Bonchev–Trinajstić information content (AvgIpc) is 2.47. The number of pyridine rings is 1. The van der Waals surface area contributed by atoms with E-state index in [1.54, 1.807) is 20.4 Å². The summed E-state index contributed by atoms with van der Waals surface area (Å²) in [5.41, 5.74) is 1.83. The molecule has 0 spiro atoms. The molecule has 0 aliphatic carbocycles. The number of benzene rings is 1. The Hall–Kier alpha value is -2.23. The Morgan fingerprint density at radius 3 is 2.26 bits per heavy atom. The molecule has 0 unspecified atom stereocenters. The second-order valence-corrected chi connectivity index (χ2v) is 4.06. The van der Waals surface area contributed by atoms with E-state index in [2.05, 4.69) is 4.98 Å². The Kier molecular flexibility index (Phi) is 4.23. The van der Waals surface area contributed by atoms with Gasteiger partial charge in [-0.2, -0.15) is 0 Å². The zero-order valence-electron chi connectivity index (χ0n) is 11.3. The average molecular weight is 259 g/mol. The molecule has 0 aliphatic heterocycles. The maximum absolute atomic E-state index is 5.71. The second kappa shape index (κ2) is 6.09. The van der Waals surface area contributed by atoms with E-state index in [0.717, 1.165) is 22.8 Å². The molecular weight excluding hydrogens is 242 g/mol. The van der Waals surface area contributed by atoms with Gasteiger partial charge in [0.1, 0.15) is 23.9 Å². The van der Waals surface area contributed by atoms with Gasteiger partial charge >= 0.3 is 0 Å². The first-order valence-electron chi connectivity index (χ1n) is 6.00. The van der Waals surface area contributed by atoms with Gasteiger partial charge in [-0.05, 0) is 19.1 Å². The van der Waals surface area contributed by atoms with Crippen LogP contribution in [0.2, 0.25) is 0 Å². The fraction of sp³-hybridized carbons (Fsp3) is 0.267. The molecule has 0 saturated carbocycles. The fourth-order valence-corrected chi connectivity index (χ4v) is 1.79. The third kappa shape index (κ3) is 3.16. The van der Waals surface area contributed by atoms with Gasteiger partial charge in [0, 0.05) is 23.9 Å². The van der Waals surface area contributed by atoms with Crippen molar-refractivity contribution in [3.05, 3.63) is 47.8 Å². The summed E-state index contributed by atoms with van der Waals surface area (Å²) in [5, 5.41) is 0. The molecule has 19 heavy (non-hydrogen) atoms. The number of hydrogen-bond acceptors (Lipinski definition) is 4. The number of aromatic nitrogens is 1. The third-order valence-electron chi connectivity index (χ3n) is 2.84. The minimum atomic E-state index is 0.413. The molecule has 0 amide bonds. The molecule has 0 fully saturated rings. The smallest absolute Gasteiger partial charge is 0.130 e. The van der Waals surface area contributed by atoms with E-state index in [9.17, 15) is 0 Å². The van der Waals surface area contributed by atoms with Crippen molar-refractivity contribution in [2.45, 2.75) is 13.5 Å². The molecule has 1 aromatic carbocycles. The minimum Gasteiger partial charge on any atom is -0.496 e. The van der Waals surface area contributed by atoms with Crippen LogP contribution in [-0.2, 0) is 6.61 Å². The van der Waals surface area contributed by atoms with Crippen molar-refractivity contribution in [3.8, 4) is 17.2 Å². The quantitative estimate of drug-likeness (QED) is 0.827. The Morgan fingerprint density at radius 2 is 1.74 bits per heavy atom. The predicted molar refractivity (Wildman–Crippen MR) is 72.9 cm³/mol. The SMILES string of the molecule is COc1cc(OCc2ccccn2)cc(OC)c1C. The van der Waals surface area contributed by atoms with E-state index in [0.29, 0.717) is 12.4 Å². The molecule has 0 saturated heterocycles. The number of rotatable bonds is 5. The van der Waals surface area contributed by atoms with Crippen molar-refractivity contribution in [2.75, 3.05) is 14.2 Å².